The number of carbonyl (C=O) groups is 1. The summed E-state index contributed by atoms with van der Waals surface area (Å²) in [5.41, 5.74) is 5.34. The number of nitrogens with two attached hydrogens (primary N) is 1. The van der Waals surface area contributed by atoms with Crippen LogP contribution >= 0.6 is 0 Å². The zero-order valence-electron chi connectivity index (χ0n) is 8.76. The van der Waals surface area contributed by atoms with Gasteiger partial charge in [-0.3, -0.25) is 4.79 Å². The fourth-order valence-electron chi connectivity index (χ4n) is 1.82. The van der Waals surface area contributed by atoms with Gasteiger partial charge in [-0.1, -0.05) is 0 Å². The minimum Gasteiger partial charge on any atom is -0.396 e. The van der Waals surface area contributed by atoms with Crippen LogP contribution in [0, 0.1) is 5.92 Å². The maximum Gasteiger partial charge on any atom is 0.271 e. The largest absolute Gasteiger partial charge is 0.396 e. The van der Waals surface area contributed by atoms with Gasteiger partial charge in [0.15, 0.2) is 11.5 Å². The second-order valence-corrected chi connectivity index (χ2v) is 3.98. The Kier molecular flexibility index (Phi) is 3.00. The summed E-state index contributed by atoms with van der Waals surface area (Å²) in [5, 5.41) is 12.0. The Bertz CT molecular complexity index is 390. The fraction of sp³-hybridized carbons (Fsp3) is 0.500. The van der Waals surface area contributed by atoms with Gasteiger partial charge in [0.1, 0.15) is 0 Å². The Morgan fingerprint density at radius 3 is 2.81 bits per heavy atom. The SMILES string of the molecule is NC(=O)c1nccnc1NC1CC(CO)C1. The number of carbonyl (C=O) groups excluding carboxylic acids is 1. The molecule has 1 aliphatic rings. The molecule has 0 unspecified atom stereocenters. The minimum atomic E-state index is -0.589. The van der Waals surface area contributed by atoms with Crippen molar-refractivity contribution in [3.05, 3.63) is 18.1 Å². The van der Waals surface area contributed by atoms with Crippen molar-refractivity contribution in [3.63, 3.8) is 0 Å². The molecule has 1 aliphatic carbocycles. The van der Waals surface area contributed by atoms with Crippen LogP contribution < -0.4 is 11.1 Å². The summed E-state index contributed by atoms with van der Waals surface area (Å²) < 4.78 is 0. The van der Waals surface area contributed by atoms with Crippen LogP contribution in [0.5, 0.6) is 0 Å². The average Bonchev–Trinajstić information content (AvgIpc) is 2.23. The fourth-order valence-corrected chi connectivity index (χ4v) is 1.82. The highest BCUT2D eigenvalue weighted by Crippen LogP contribution is 2.29. The van der Waals surface area contributed by atoms with Crippen LogP contribution in [0.25, 0.3) is 0 Å². The van der Waals surface area contributed by atoms with E-state index in [1.807, 2.05) is 0 Å². The molecule has 0 atom stereocenters. The smallest absolute Gasteiger partial charge is 0.271 e. The lowest BCUT2D eigenvalue weighted by Crippen LogP contribution is -2.38. The molecule has 6 nitrogen and oxygen atoms in total. The van der Waals surface area contributed by atoms with Crippen LogP contribution in [-0.4, -0.2) is 33.6 Å². The molecule has 0 radical (unpaired) electrons. The zero-order valence-corrected chi connectivity index (χ0v) is 8.76. The molecule has 1 saturated carbocycles. The van der Waals surface area contributed by atoms with Gasteiger partial charge in [0, 0.05) is 25.0 Å². The maximum absolute atomic E-state index is 11.1. The first-order valence-corrected chi connectivity index (χ1v) is 5.19. The molecule has 0 bridgehead atoms. The van der Waals surface area contributed by atoms with Crippen molar-refractivity contribution < 1.29 is 9.90 Å². The second kappa shape index (κ2) is 4.44. The molecule has 6 heteroatoms. The molecule has 16 heavy (non-hydrogen) atoms. The monoisotopic (exact) mass is 222 g/mol. The summed E-state index contributed by atoms with van der Waals surface area (Å²) in [6.07, 6.45) is 4.70. The molecule has 0 saturated heterocycles. The van der Waals surface area contributed by atoms with Crippen LogP contribution in [0.3, 0.4) is 0 Å². The normalized spacial score (nSPS) is 23.6. The van der Waals surface area contributed by atoms with Crippen molar-refractivity contribution in [2.45, 2.75) is 18.9 Å². The van der Waals surface area contributed by atoms with Gasteiger partial charge in [0.25, 0.3) is 5.91 Å². The van der Waals surface area contributed by atoms with Gasteiger partial charge < -0.3 is 16.2 Å². The summed E-state index contributed by atoms with van der Waals surface area (Å²) in [6, 6.07) is 0.243. The van der Waals surface area contributed by atoms with E-state index in [2.05, 4.69) is 15.3 Å². The minimum absolute atomic E-state index is 0.162. The number of primary amides is 1. The summed E-state index contributed by atoms with van der Waals surface area (Å²) >= 11 is 0. The van der Waals surface area contributed by atoms with E-state index in [0.29, 0.717) is 11.7 Å². The van der Waals surface area contributed by atoms with Crippen molar-refractivity contribution in [1.82, 2.24) is 9.97 Å². The number of anilines is 1. The third-order valence-corrected chi connectivity index (χ3v) is 2.77. The molecule has 1 amide bonds. The predicted octanol–water partition coefficient (Wildman–Crippen LogP) is -0.242. The summed E-state index contributed by atoms with van der Waals surface area (Å²) in [7, 11) is 0. The van der Waals surface area contributed by atoms with E-state index < -0.39 is 5.91 Å². The number of aromatic nitrogens is 2. The molecular weight excluding hydrogens is 208 g/mol. The van der Waals surface area contributed by atoms with E-state index in [9.17, 15) is 4.79 Å². The lowest BCUT2D eigenvalue weighted by molar-refractivity contribution is 0.0995. The number of nitrogens with one attached hydrogen (secondary N) is 1. The van der Waals surface area contributed by atoms with E-state index in [1.165, 1.54) is 12.4 Å². The third kappa shape index (κ3) is 2.11. The molecule has 86 valence electrons. The topological polar surface area (TPSA) is 101 Å². The summed E-state index contributed by atoms with van der Waals surface area (Å²) in [5.74, 6) is 0.191. The van der Waals surface area contributed by atoms with E-state index >= 15 is 0 Å². The number of aliphatic hydroxyl groups excluding tert-OH is 1. The highest BCUT2D eigenvalue weighted by molar-refractivity contribution is 5.95. The average molecular weight is 222 g/mol. The van der Waals surface area contributed by atoms with Crippen LogP contribution in [0.15, 0.2) is 12.4 Å². The quantitative estimate of drug-likeness (QED) is 0.652. The molecule has 1 heterocycles. The maximum atomic E-state index is 11.1. The Balaban J connectivity index is 2.02. The molecule has 2 rings (SSSR count). The van der Waals surface area contributed by atoms with Crippen molar-refractivity contribution >= 4 is 11.7 Å². The van der Waals surface area contributed by atoms with E-state index in [1.54, 1.807) is 0 Å². The number of rotatable bonds is 4. The van der Waals surface area contributed by atoms with Gasteiger partial charge in [-0.25, -0.2) is 9.97 Å². The van der Waals surface area contributed by atoms with E-state index in [0.717, 1.165) is 12.8 Å². The van der Waals surface area contributed by atoms with Gasteiger partial charge >= 0.3 is 0 Å². The van der Waals surface area contributed by atoms with Crippen LogP contribution in [0.2, 0.25) is 0 Å². The molecule has 0 aliphatic heterocycles. The first-order valence-electron chi connectivity index (χ1n) is 5.19. The Hall–Kier alpha value is -1.69. The highest BCUT2D eigenvalue weighted by Gasteiger charge is 2.29. The van der Waals surface area contributed by atoms with Gasteiger partial charge in [0.2, 0.25) is 0 Å². The Labute approximate surface area is 92.9 Å². The Morgan fingerprint density at radius 2 is 2.19 bits per heavy atom. The molecule has 1 aromatic heterocycles. The molecule has 1 fully saturated rings. The molecule has 4 N–H and O–H groups in total. The number of nitrogens with zero attached hydrogens (tertiary/aromatic N) is 2. The number of aliphatic hydroxyl groups is 1. The summed E-state index contributed by atoms with van der Waals surface area (Å²) in [6.45, 7) is 0.210. The van der Waals surface area contributed by atoms with Crippen LogP contribution in [0.1, 0.15) is 23.3 Å². The van der Waals surface area contributed by atoms with Crippen LogP contribution in [-0.2, 0) is 0 Å². The number of hydrogen-bond acceptors (Lipinski definition) is 5. The number of hydrogen-bond donors (Lipinski definition) is 3. The van der Waals surface area contributed by atoms with Crippen LogP contribution in [0.4, 0.5) is 5.82 Å². The molecule has 0 spiro atoms. The number of amides is 1. The van der Waals surface area contributed by atoms with Crippen molar-refractivity contribution in [3.8, 4) is 0 Å². The summed E-state index contributed by atoms with van der Waals surface area (Å²) in [4.78, 5) is 19.0. The van der Waals surface area contributed by atoms with Gasteiger partial charge in [0.05, 0.1) is 0 Å². The third-order valence-electron chi connectivity index (χ3n) is 2.77. The highest BCUT2D eigenvalue weighted by atomic mass is 16.3. The van der Waals surface area contributed by atoms with Crippen molar-refractivity contribution in [1.29, 1.82) is 0 Å². The first kappa shape index (κ1) is 10.8. The zero-order chi connectivity index (χ0) is 11.5. The van der Waals surface area contributed by atoms with Gasteiger partial charge in [-0.05, 0) is 18.8 Å². The van der Waals surface area contributed by atoms with Crippen molar-refractivity contribution in [2.75, 3.05) is 11.9 Å². The predicted molar refractivity (Wildman–Crippen MR) is 57.8 cm³/mol. The lowest BCUT2D eigenvalue weighted by atomic mass is 9.81. The Morgan fingerprint density at radius 1 is 1.50 bits per heavy atom. The van der Waals surface area contributed by atoms with Gasteiger partial charge in [-0.15, -0.1) is 0 Å². The van der Waals surface area contributed by atoms with Crippen molar-refractivity contribution in [2.24, 2.45) is 11.7 Å². The lowest BCUT2D eigenvalue weighted by Gasteiger charge is -2.35. The molecule has 0 aromatic carbocycles. The standard InChI is InChI=1S/C10H14N4O2/c11-9(16)8-10(13-2-1-12-8)14-7-3-6(4-7)5-15/h1-2,6-7,15H,3-5H2,(H2,11,16)(H,13,14). The van der Waals surface area contributed by atoms with Gasteiger partial charge in [-0.2, -0.15) is 0 Å². The molecule has 1 aromatic rings. The van der Waals surface area contributed by atoms with E-state index in [-0.39, 0.29) is 18.3 Å². The first-order chi connectivity index (χ1) is 7.70. The second-order valence-electron chi connectivity index (χ2n) is 3.98. The van der Waals surface area contributed by atoms with E-state index in [4.69, 9.17) is 10.8 Å². The molecular formula is C10H14N4O2.